The predicted octanol–water partition coefficient (Wildman–Crippen LogP) is 0.688. The molecule has 10 nitrogen and oxygen atoms in total. The van der Waals surface area contributed by atoms with Gasteiger partial charge in [0.05, 0.1) is 28.2 Å². The highest BCUT2D eigenvalue weighted by atomic mass is 32.2. The number of rotatable bonds is 6. The van der Waals surface area contributed by atoms with Crippen LogP contribution in [0.15, 0.2) is 53.4 Å². The van der Waals surface area contributed by atoms with Gasteiger partial charge >= 0.3 is 0 Å². The van der Waals surface area contributed by atoms with E-state index in [1.807, 2.05) is 0 Å². The number of anilines is 3. The number of carbonyl (C=O) groups is 2. The van der Waals surface area contributed by atoms with Gasteiger partial charge in [0.25, 0.3) is 0 Å². The second kappa shape index (κ2) is 8.29. The summed E-state index contributed by atoms with van der Waals surface area (Å²) in [5, 5.41) is 2.66. The Bertz CT molecular complexity index is 1220. The van der Waals surface area contributed by atoms with Gasteiger partial charge in [0.1, 0.15) is 13.1 Å². The zero-order valence-electron chi connectivity index (χ0n) is 17.1. The Kier molecular flexibility index (Phi) is 6.07. The van der Waals surface area contributed by atoms with Gasteiger partial charge in [-0.05, 0) is 36.4 Å². The topological polar surface area (TPSA) is 124 Å². The van der Waals surface area contributed by atoms with E-state index in [2.05, 4.69) is 5.32 Å². The van der Waals surface area contributed by atoms with Crippen molar-refractivity contribution in [2.45, 2.75) is 4.90 Å². The molecule has 0 spiro atoms. The van der Waals surface area contributed by atoms with Crippen LogP contribution < -0.4 is 14.5 Å². The van der Waals surface area contributed by atoms with Crippen molar-refractivity contribution in [3.8, 4) is 0 Å². The Morgan fingerprint density at radius 2 is 1.65 bits per heavy atom. The minimum Gasteiger partial charge on any atom is -0.323 e. The third-order valence-electron chi connectivity index (χ3n) is 4.65. The molecule has 0 aromatic heterocycles. The minimum atomic E-state index is -3.88. The van der Waals surface area contributed by atoms with Crippen LogP contribution >= 0.6 is 0 Å². The van der Waals surface area contributed by atoms with E-state index >= 15 is 0 Å². The number of sulfonamides is 2. The monoisotopic (exact) mass is 466 g/mol. The fourth-order valence-corrected chi connectivity index (χ4v) is 4.81. The van der Waals surface area contributed by atoms with E-state index in [9.17, 15) is 26.4 Å². The lowest BCUT2D eigenvalue weighted by Crippen LogP contribution is -2.47. The Hall–Kier alpha value is -2.96. The maximum Gasteiger partial charge on any atom is 0.248 e. The van der Waals surface area contributed by atoms with E-state index in [0.717, 1.165) is 14.9 Å². The lowest BCUT2D eigenvalue weighted by Gasteiger charge is -2.31. The Balaban J connectivity index is 1.92. The molecule has 0 saturated heterocycles. The van der Waals surface area contributed by atoms with Crippen LogP contribution in [0.4, 0.5) is 17.1 Å². The van der Waals surface area contributed by atoms with Crippen molar-refractivity contribution in [2.75, 3.05) is 48.0 Å². The summed E-state index contributed by atoms with van der Waals surface area (Å²) in [6, 6.07) is 11.9. The number of hydrogen-bond acceptors (Lipinski definition) is 6. The first-order valence-electron chi connectivity index (χ1n) is 9.11. The molecule has 0 atom stereocenters. The molecule has 2 amide bonds. The molecule has 1 aliphatic rings. The molecule has 31 heavy (non-hydrogen) atoms. The van der Waals surface area contributed by atoms with Gasteiger partial charge in [-0.2, -0.15) is 0 Å². The number of fused-ring (bicyclic) bond motifs is 1. The molecular weight excluding hydrogens is 444 g/mol. The molecule has 2 aromatic carbocycles. The van der Waals surface area contributed by atoms with Crippen LogP contribution in [-0.4, -0.2) is 66.4 Å². The molecule has 1 N–H and O–H groups in total. The number of benzene rings is 2. The lowest BCUT2D eigenvalue weighted by molar-refractivity contribution is -0.121. The largest absolute Gasteiger partial charge is 0.323 e. The zero-order chi connectivity index (χ0) is 23.0. The van der Waals surface area contributed by atoms with Gasteiger partial charge in [-0.1, -0.05) is 12.1 Å². The maximum absolute atomic E-state index is 13.0. The molecule has 2 aromatic rings. The van der Waals surface area contributed by atoms with Crippen LogP contribution in [0, 0.1) is 0 Å². The maximum atomic E-state index is 13.0. The number of para-hydroxylation sites is 2. The highest BCUT2D eigenvalue weighted by Gasteiger charge is 2.30. The molecule has 1 aliphatic heterocycles. The number of amides is 2. The third kappa shape index (κ3) is 4.70. The Labute approximate surface area is 181 Å². The van der Waals surface area contributed by atoms with Gasteiger partial charge in [-0.3, -0.25) is 18.8 Å². The normalized spacial score (nSPS) is 14.2. The Morgan fingerprint density at radius 3 is 2.23 bits per heavy atom. The van der Waals surface area contributed by atoms with Crippen molar-refractivity contribution in [1.29, 1.82) is 0 Å². The number of carbonyl (C=O) groups excluding carboxylic acids is 2. The summed E-state index contributed by atoms with van der Waals surface area (Å²) in [5.74, 6) is -0.992. The number of hydrogen-bond donors (Lipinski definition) is 1. The van der Waals surface area contributed by atoms with Crippen LogP contribution in [0.5, 0.6) is 0 Å². The average molecular weight is 467 g/mol. The molecule has 12 heteroatoms. The zero-order valence-corrected chi connectivity index (χ0v) is 18.8. The van der Waals surface area contributed by atoms with Gasteiger partial charge in [0, 0.05) is 14.1 Å². The van der Waals surface area contributed by atoms with Crippen molar-refractivity contribution in [3.63, 3.8) is 0 Å². The fraction of sp³-hybridized carbons (Fsp3) is 0.263. The van der Waals surface area contributed by atoms with E-state index < -0.39 is 38.4 Å². The van der Waals surface area contributed by atoms with Crippen molar-refractivity contribution < 1.29 is 26.4 Å². The van der Waals surface area contributed by atoms with Gasteiger partial charge in [-0.15, -0.1) is 0 Å². The van der Waals surface area contributed by atoms with Crippen molar-refractivity contribution in [2.24, 2.45) is 0 Å². The summed E-state index contributed by atoms with van der Waals surface area (Å²) in [7, 11) is -4.80. The van der Waals surface area contributed by atoms with Gasteiger partial charge < -0.3 is 5.32 Å². The van der Waals surface area contributed by atoms with Crippen LogP contribution in [0.2, 0.25) is 0 Å². The van der Waals surface area contributed by atoms with E-state index in [1.54, 1.807) is 24.3 Å². The first kappa shape index (κ1) is 22.7. The molecule has 0 unspecified atom stereocenters. The minimum absolute atomic E-state index is 0.0114. The first-order valence-corrected chi connectivity index (χ1v) is 12.4. The third-order valence-corrected chi connectivity index (χ3v) is 7.62. The summed E-state index contributed by atoms with van der Waals surface area (Å²) in [5.41, 5.74) is 1.05. The van der Waals surface area contributed by atoms with E-state index in [0.29, 0.717) is 11.4 Å². The summed E-state index contributed by atoms with van der Waals surface area (Å²) >= 11 is 0. The SMILES string of the molecule is CN(C)S(=O)(=O)c1ccc(N(CC(=O)N2CC(=O)Nc3ccccc32)S(C)(=O)=O)cc1. The standard InChI is InChI=1S/C19H22N4O6S2/c1-21(2)31(28,29)15-10-8-14(9-11-15)23(30(3,26)27)13-19(25)22-12-18(24)20-16-6-4-5-7-17(16)22/h4-11H,12-13H2,1-3H3,(H,20,24). The molecule has 0 radical (unpaired) electrons. The summed E-state index contributed by atoms with van der Waals surface area (Å²) < 4.78 is 51.2. The van der Waals surface area contributed by atoms with Crippen molar-refractivity contribution in [1.82, 2.24) is 4.31 Å². The molecule has 0 fully saturated rings. The molecular formula is C19H22N4O6S2. The van der Waals surface area contributed by atoms with Crippen molar-refractivity contribution >= 4 is 48.9 Å². The number of nitrogens with one attached hydrogen (secondary N) is 1. The molecule has 0 aliphatic carbocycles. The van der Waals surface area contributed by atoms with E-state index in [4.69, 9.17) is 0 Å². The van der Waals surface area contributed by atoms with E-state index in [-0.39, 0.29) is 17.1 Å². The smallest absolute Gasteiger partial charge is 0.248 e. The highest BCUT2D eigenvalue weighted by molar-refractivity contribution is 7.92. The van der Waals surface area contributed by atoms with Crippen LogP contribution in [-0.2, 0) is 29.6 Å². The van der Waals surface area contributed by atoms with Gasteiger partial charge in [0.2, 0.25) is 31.9 Å². The fourth-order valence-electron chi connectivity index (χ4n) is 3.06. The van der Waals surface area contributed by atoms with E-state index in [1.165, 1.54) is 43.3 Å². The van der Waals surface area contributed by atoms with Crippen molar-refractivity contribution in [3.05, 3.63) is 48.5 Å². The average Bonchev–Trinajstić information content (AvgIpc) is 2.70. The Morgan fingerprint density at radius 1 is 1.03 bits per heavy atom. The summed E-state index contributed by atoms with van der Waals surface area (Å²) in [6.45, 7) is -0.798. The van der Waals surface area contributed by atoms with Crippen LogP contribution in [0.25, 0.3) is 0 Å². The van der Waals surface area contributed by atoms with Gasteiger partial charge in [-0.25, -0.2) is 21.1 Å². The van der Waals surface area contributed by atoms with Crippen LogP contribution in [0.3, 0.4) is 0 Å². The molecule has 0 bridgehead atoms. The molecule has 166 valence electrons. The quantitative estimate of drug-likeness (QED) is 0.668. The lowest BCUT2D eigenvalue weighted by atomic mass is 10.2. The molecule has 3 rings (SSSR count). The predicted molar refractivity (Wildman–Crippen MR) is 117 cm³/mol. The first-order chi connectivity index (χ1) is 14.4. The second-order valence-corrected chi connectivity index (χ2v) is 11.2. The highest BCUT2D eigenvalue weighted by Crippen LogP contribution is 2.29. The van der Waals surface area contributed by atoms with Gasteiger partial charge in [0.15, 0.2) is 0 Å². The summed E-state index contributed by atoms with van der Waals surface area (Å²) in [4.78, 5) is 26.2. The summed E-state index contributed by atoms with van der Waals surface area (Å²) in [6.07, 6.45) is 0.946. The molecule has 0 saturated carbocycles. The second-order valence-electron chi connectivity index (χ2n) is 7.10. The number of nitrogens with zero attached hydrogens (tertiary/aromatic N) is 3. The van der Waals surface area contributed by atoms with Crippen LogP contribution in [0.1, 0.15) is 0 Å². The molecule has 1 heterocycles.